The summed E-state index contributed by atoms with van der Waals surface area (Å²) < 4.78 is 15.2. The van der Waals surface area contributed by atoms with E-state index in [0.29, 0.717) is 24.2 Å². The zero-order chi connectivity index (χ0) is 14.3. The van der Waals surface area contributed by atoms with E-state index in [-0.39, 0.29) is 5.95 Å². The second kappa shape index (κ2) is 4.59. The van der Waals surface area contributed by atoms with Gasteiger partial charge < -0.3 is 10.8 Å². The highest BCUT2D eigenvalue weighted by molar-refractivity contribution is 5.73. The molecule has 2 atom stereocenters. The summed E-state index contributed by atoms with van der Waals surface area (Å²) in [6.07, 6.45) is 1.02. The Morgan fingerprint density at radius 2 is 2.20 bits per heavy atom. The van der Waals surface area contributed by atoms with E-state index in [0.717, 1.165) is 0 Å². The number of aryl methyl sites for hydroxylation is 1. The molecule has 0 radical (unpaired) electrons. The molecule has 104 valence electrons. The predicted octanol–water partition coefficient (Wildman–Crippen LogP) is 1.36. The van der Waals surface area contributed by atoms with Crippen LogP contribution in [0.15, 0.2) is 24.3 Å². The lowest BCUT2D eigenvalue weighted by Crippen LogP contribution is -2.33. The lowest BCUT2D eigenvalue weighted by molar-refractivity contribution is -0.142. The van der Waals surface area contributed by atoms with Crippen molar-refractivity contribution in [2.75, 3.05) is 5.73 Å². The van der Waals surface area contributed by atoms with Gasteiger partial charge in [-0.05, 0) is 18.1 Å². The quantitative estimate of drug-likeness (QED) is 0.863. The van der Waals surface area contributed by atoms with Crippen molar-refractivity contribution in [3.63, 3.8) is 0 Å². The average Bonchev–Trinajstić information content (AvgIpc) is 2.78. The molecule has 0 aliphatic carbocycles. The number of aliphatic carboxylic acids is 1. The predicted molar refractivity (Wildman–Crippen MR) is 68.6 cm³/mol. The molecular weight excluding hydrogens is 263 g/mol. The number of aromatic nitrogens is 3. The van der Waals surface area contributed by atoms with Crippen molar-refractivity contribution in [2.24, 2.45) is 0 Å². The molecule has 2 aromatic rings. The Balaban J connectivity index is 2.09. The number of halogens is 1. The van der Waals surface area contributed by atoms with E-state index in [4.69, 9.17) is 5.73 Å². The fourth-order valence-electron chi connectivity index (χ4n) is 2.76. The van der Waals surface area contributed by atoms with Crippen LogP contribution in [0.3, 0.4) is 0 Å². The standard InChI is InChI=1S/C13H13FN4O2/c14-9-4-2-1-3-7(9)8-5-6-10-16-13(15)17-18(10)11(8)12(19)20/h1-4,8,11H,5-6H2,(H2,15,17)(H,19,20). The fourth-order valence-corrected chi connectivity index (χ4v) is 2.76. The maximum Gasteiger partial charge on any atom is 0.329 e. The largest absolute Gasteiger partial charge is 0.480 e. The number of nitrogen functional groups attached to an aromatic ring is 1. The molecule has 0 amide bonds. The number of hydrogen-bond acceptors (Lipinski definition) is 4. The number of benzene rings is 1. The first-order valence-corrected chi connectivity index (χ1v) is 6.26. The second-order valence-electron chi connectivity index (χ2n) is 4.78. The molecule has 7 heteroatoms. The summed E-state index contributed by atoms with van der Waals surface area (Å²) in [5.74, 6) is -1.38. The van der Waals surface area contributed by atoms with Gasteiger partial charge in [-0.15, -0.1) is 5.10 Å². The number of anilines is 1. The van der Waals surface area contributed by atoms with Crippen LogP contribution in [-0.4, -0.2) is 25.8 Å². The molecule has 0 bridgehead atoms. The van der Waals surface area contributed by atoms with Gasteiger partial charge in [-0.3, -0.25) is 0 Å². The van der Waals surface area contributed by atoms with Crippen molar-refractivity contribution in [3.05, 3.63) is 41.5 Å². The fraction of sp³-hybridized carbons (Fsp3) is 0.308. The van der Waals surface area contributed by atoms with Gasteiger partial charge in [0.15, 0.2) is 6.04 Å². The van der Waals surface area contributed by atoms with Crippen LogP contribution in [-0.2, 0) is 11.2 Å². The Bertz CT molecular complexity index is 670. The normalized spacial score (nSPS) is 21.4. The molecule has 0 saturated carbocycles. The Morgan fingerprint density at radius 1 is 1.45 bits per heavy atom. The van der Waals surface area contributed by atoms with Crippen molar-refractivity contribution < 1.29 is 14.3 Å². The molecule has 2 unspecified atom stereocenters. The third-order valence-corrected chi connectivity index (χ3v) is 3.60. The van der Waals surface area contributed by atoms with Crippen LogP contribution in [0.5, 0.6) is 0 Å². The number of fused-ring (bicyclic) bond motifs is 1. The van der Waals surface area contributed by atoms with Gasteiger partial charge in [0.05, 0.1) is 0 Å². The number of carboxylic acids is 1. The minimum atomic E-state index is -1.07. The Labute approximate surface area is 114 Å². The van der Waals surface area contributed by atoms with Crippen molar-refractivity contribution in [1.29, 1.82) is 0 Å². The van der Waals surface area contributed by atoms with E-state index in [2.05, 4.69) is 10.1 Å². The van der Waals surface area contributed by atoms with E-state index in [9.17, 15) is 14.3 Å². The van der Waals surface area contributed by atoms with Crippen LogP contribution >= 0.6 is 0 Å². The number of carboxylic acid groups (broad SMARTS) is 1. The summed E-state index contributed by atoms with van der Waals surface area (Å²) in [6.45, 7) is 0. The van der Waals surface area contributed by atoms with Gasteiger partial charge in [0.1, 0.15) is 11.6 Å². The van der Waals surface area contributed by atoms with Crippen molar-refractivity contribution in [2.45, 2.75) is 24.8 Å². The van der Waals surface area contributed by atoms with Crippen LogP contribution in [0.1, 0.15) is 29.8 Å². The maximum absolute atomic E-state index is 13.9. The van der Waals surface area contributed by atoms with Crippen LogP contribution in [0.25, 0.3) is 0 Å². The zero-order valence-corrected chi connectivity index (χ0v) is 10.5. The van der Waals surface area contributed by atoms with Gasteiger partial charge >= 0.3 is 5.97 Å². The van der Waals surface area contributed by atoms with Crippen molar-refractivity contribution >= 4 is 11.9 Å². The molecule has 1 aromatic carbocycles. The van der Waals surface area contributed by atoms with E-state index in [1.165, 1.54) is 10.7 Å². The topological polar surface area (TPSA) is 94.0 Å². The van der Waals surface area contributed by atoms with Crippen LogP contribution in [0.2, 0.25) is 0 Å². The van der Waals surface area contributed by atoms with Gasteiger partial charge in [0.25, 0.3) is 0 Å². The average molecular weight is 276 g/mol. The number of rotatable bonds is 2. The van der Waals surface area contributed by atoms with Crippen LogP contribution in [0, 0.1) is 5.82 Å². The highest BCUT2D eigenvalue weighted by Crippen LogP contribution is 2.38. The number of hydrogen-bond donors (Lipinski definition) is 2. The maximum atomic E-state index is 13.9. The molecule has 3 N–H and O–H groups in total. The molecule has 2 heterocycles. The summed E-state index contributed by atoms with van der Waals surface area (Å²) in [6, 6.07) is 5.24. The SMILES string of the molecule is Nc1nc2n(n1)C(C(=O)O)C(c1ccccc1F)CC2. The summed E-state index contributed by atoms with van der Waals surface area (Å²) in [5.41, 5.74) is 5.91. The van der Waals surface area contributed by atoms with Crippen molar-refractivity contribution in [1.82, 2.24) is 14.8 Å². The first-order chi connectivity index (χ1) is 9.58. The molecule has 1 aromatic heterocycles. The lowest BCUT2D eigenvalue weighted by Gasteiger charge is -2.29. The van der Waals surface area contributed by atoms with E-state index < -0.39 is 23.7 Å². The first-order valence-electron chi connectivity index (χ1n) is 6.26. The number of carbonyl (C=O) groups is 1. The highest BCUT2D eigenvalue weighted by Gasteiger charge is 2.38. The summed E-state index contributed by atoms with van der Waals surface area (Å²) in [5, 5.41) is 13.4. The Morgan fingerprint density at radius 3 is 2.90 bits per heavy atom. The molecule has 0 spiro atoms. The molecule has 1 aliphatic rings. The minimum Gasteiger partial charge on any atom is -0.480 e. The molecule has 0 fully saturated rings. The lowest BCUT2D eigenvalue weighted by atomic mass is 9.84. The van der Waals surface area contributed by atoms with Crippen LogP contribution < -0.4 is 5.73 Å². The van der Waals surface area contributed by atoms with Gasteiger partial charge in [-0.25, -0.2) is 13.9 Å². The Hall–Kier alpha value is -2.44. The van der Waals surface area contributed by atoms with E-state index in [1.54, 1.807) is 18.2 Å². The van der Waals surface area contributed by atoms with Gasteiger partial charge in [-0.1, -0.05) is 18.2 Å². The van der Waals surface area contributed by atoms with Gasteiger partial charge in [0, 0.05) is 12.3 Å². The van der Waals surface area contributed by atoms with E-state index >= 15 is 0 Å². The zero-order valence-electron chi connectivity index (χ0n) is 10.5. The molecule has 0 saturated heterocycles. The third-order valence-electron chi connectivity index (χ3n) is 3.60. The molecular formula is C13H13FN4O2. The minimum absolute atomic E-state index is 0.0421. The summed E-state index contributed by atoms with van der Waals surface area (Å²) in [4.78, 5) is 15.6. The number of nitrogens with zero attached hydrogens (tertiary/aromatic N) is 3. The first kappa shape index (κ1) is 12.6. The van der Waals surface area contributed by atoms with Crippen LogP contribution in [0.4, 0.5) is 10.3 Å². The number of nitrogens with two attached hydrogens (primary N) is 1. The summed E-state index contributed by atoms with van der Waals surface area (Å²) in [7, 11) is 0. The second-order valence-corrected chi connectivity index (χ2v) is 4.78. The Kier molecular flexibility index (Phi) is 2.89. The molecule has 20 heavy (non-hydrogen) atoms. The smallest absolute Gasteiger partial charge is 0.329 e. The molecule has 6 nitrogen and oxygen atoms in total. The monoisotopic (exact) mass is 276 g/mol. The summed E-state index contributed by atoms with van der Waals surface area (Å²) >= 11 is 0. The van der Waals surface area contributed by atoms with Gasteiger partial charge in [0.2, 0.25) is 5.95 Å². The third kappa shape index (κ3) is 1.91. The van der Waals surface area contributed by atoms with E-state index in [1.807, 2.05) is 0 Å². The highest BCUT2D eigenvalue weighted by atomic mass is 19.1. The molecule has 1 aliphatic heterocycles. The van der Waals surface area contributed by atoms with Gasteiger partial charge in [-0.2, -0.15) is 4.98 Å². The van der Waals surface area contributed by atoms with Crippen molar-refractivity contribution in [3.8, 4) is 0 Å². The molecule has 3 rings (SSSR count).